The predicted octanol–water partition coefficient (Wildman–Crippen LogP) is 6.64. The highest BCUT2D eigenvalue weighted by Crippen LogP contribution is 2.41. The van der Waals surface area contributed by atoms with Crippen molar-refractivity contribution in [3.8, 4) is 22.6 Å². The highest BCUT2D eigenvalue weighted by atomic mass is 35.5. The summed E-state index contributed by atoms with van der Waals surface area (Å²) in [5, 5.41) is 4.81. The van der Waals surface area contributed by atoms with Crippen molar-refractivity contribution in [3.05, 3.63) is 52.8 Å². The molecule has 154 valence electrons. The van der Waals surface area contributed by atoms with E-state index >= 15 is 0 Å². The van der Waals surface area contributed by atoms with Crippen LogP contribution in [-0.2, 0) is 0 Å². The Morgan fingerprint density at radius 1 is 1.20 bits per heavy atom. The number of oxazole rings is 1. The highest BCUT2D eigenvalue weighted by molar-refractivity contribution is 6.36. The molecule has 4 rings (SSSR count). The molecule has 9 heteroatoms. The second-order valence-electron chi connectivity index (χ2n) is 7.80. The van der Waals surface area contributed by atoms with Gasteiger partial charge < -0.3 is 4.42 Å². The predicted molar refractivity (Wildman–Crippen MR) is 116 cm³/mol. The monoisotopic (exact) mass is 445 g/mol. The molecule has 0 bridgehead atoms. The average Bonchev–Trinajstić information content (AvgIpc) is 3.31. The molecule has 0 aliphatic carbocycles. The number of halogens is 3. The maximum Gasteiger partial charge on any atom is 0.231 e. The number of aliphatic imine (C=N–C) groups is 1. The molecule has 3 aromatic heterocycles. The zero-order valence-corrected chi connectivity index (χ0v) is 18.3. The maximum absolute atomic E-state index is 13.6. The minimum Gasteiger partial charge on any atom is -0.444 e. The quantitative estimate of drug-likeness (QED) is 0.262. The van der Waals surface area contributed by atoms with E-state index < -0.39 is 5.82 Å². The van der Waals surface area contributed by atoms with Crippen LogP contribution in [0.1, 0.15) is 27.7 Å². The number of rotatable bonds is 3. The summed E-state index contributed by atoms with van der Waals surface area (Å²) in [4.78, 5) is 13.5. The Hall–Kier alpha value is -2.77. The highest BCUT2D eigenvalue weighted by Gasteiger charge is 2.24. The zero-order chi connectivity index (χ0) is 21.6. The van der Waals surface area contributed by atoms with Gasteiger partial charge in [0.05, 0.1) is 23.0 Å². The lowest BCUT2D eigenvalue weighted by Gasteiger charge is -2.19. The van der Waals surface area contributed by atoms with Crippen LogP contribution < -0.4 is 0 Å². The zero-order valence-electron chi connectivity index (χ0n) is 16.7. The van der Waals surface area contributed by atoms with E-state index in [1.165, 1.54) is 24.6 Å². The number of hydrogen-bond acceptors (Lipinski definition) is 5. The van der Waals surface area contributed by atoms with E-state index in [1.807, 2.05) is 6.92 Å². The summed E-state index contributed by atoms with van der Waals surface area (Å²) in [5.74, 6) is 0.349. The molecule has 30 heavy (non-hydrogen) atoms. The SMILES string of the molecule is C/C(=N\c1c(-c2ccc(F)cc2Cl)c(Cl)nc2c(-c3ncco3)cnn12)C(C)(C)C. The molecule has 0 N–H and O–H groups in total. The molecule has 0 saturated heterocycles. The Balaban J connectivity index is 2.08. The van der Waals surface area contributed by atoms with Crippen LogP contribution in [0.25, 0.3) is 28.2 Å². The van der Waals surface area contributed by atoms with Gasteiger partial charge in [-0.1, -0.05) is 44.0 Å². The number of aromatic nitrogens is 4. The van der Waals surface area contributed by atoms with Crippen molar-refractivity contribution >= 4 is 40.4 Å². The van der Waals surface area contributed by atoms with Gasteiger partial charge >= 0.3 is 0 Å². The summed E-state index contributed by atoms with van der Waals surface area (Å²) in [6.07, 6.45) is 4.60. The third-order valence-electron chi connectivity index (χ3n) is 4.80. The van der Waals surface area contributed by atoms with Crippen molar-refractivity contribution in [1.82, 2.24) is 19.6 Å². The lowest BCUT2D eigenvalue weighted by Crippen LogP contribution is -2.16. The van der Waals surface area contributed by atoms with Crippen LogP contribution in [0.3, 0.4) is 0 Å². The first-order valence-corrected chi connectivity index (χ1v) is 9.90. The minimum absolute atomic E-state index is 0.157. The van der Waals surface area contributed by atoms with Crippen LogP contribution in [0, 0.1) is 11.2 Å². The Morgan fingerprint density at radius 2 is 1.97 bits per heavy atom. The van der Waals surface area contributed by atoms with Crippen LogP contribution in [0.5, 0.6) is 0 Å². The van der Waals surface area contributed by atoms with Crippen molar-refractivity contribution in [3.63, 3.8) is 0 Å². The number of fused-ring (bicyclic) bond motifs is 1. The first-order chi connectivity index (χ1) is 14.2. The molecule has 0 unspecified atom stereocenters. The van der Waals surface area contributed by atoms with Crippen LogP contribution in [0.4, 0.5) is 10.2 Å². The fourth-order valence-corrected chi connectivity index (χ4v) is 3.34. The van der Waals surface area contributed by atoms with Gasteiger partial charge in [0.2, 0.25) is 5.89 Å². The van der Waals surface area contributed by atoms with Crippen molar-refractivity contribution in [2.24, 2.45) is 10.4 Å². The standard InChI is InChI=1S/C21H18Cl2FN5O/c1-11(21(2,3)4)27-19-16(13-6-5-12(24)9-15(13)22)17(23)28-18-14(10-26-29(18)19)20-25-7-8-30-20/h5-10H,1-4H3/b27-11+. The van der Waals surface area contributed by atoms with Crippen LogP contribution in [0.15, 0.2) is 46.3 Å². The Bertz CT molecular complexity index is 1270. The Morgan fingerprint density at radius 3 is 2.60 bits per heavy atom. The van der Waals surface area contributed by atoms with Gasteiger partial charge in [0.25, 0.3) is 0 Å². The number of hydrogen-bond donors (Lipinski definition) is 0. The molecule has 0 amide bonds. The molecule has 3 heterocycles. The van der Waals surface area contributed by atoms with E-state index in [2.05, 4.69) is 35.8 Å². The Kier molecular flexibility index (Phi) is 5.11. The van der Waals surface area contributed by atoms with Crippen molar-refractivity contribution in [2.45, 2.75) is 27.7 Å². The lowest BCUT2D eigenvalue weighted by molar-refractivity contribution is 0.575. The van der Waals surface area contributed by atoms with Gasteiger partial charge in [-0.2, -0.15) is 9.61 Å². The van der Waals surface area contributed by atoms with E-state index in [1.54, 1.807) is 16.8 Å². The van der Waals surface area contributed by atoms with E-state index in [0.717, 1.165) is 5.71 Å². The molecule has 0 radical (unpaired) electrons. The molecule has 0 fully saturated rings. The fraction of sp³-hybridized carbons (Fsp3) is 0.238. The van der Waals surface area contributed by atoms with Gasteiger partial charge in [-0.25, -0.2) is 19.4 Å². The molecule has 0 aliphatic rings. The van der Waals surface area contributed by atoms with Gasteiger partial charge in [0.15, 0.2) is 11.5 Å². The molecule has 0 saturated carbocycles. The van der Waals surface area contributed by atoms with Gasteiger partial charge in [-0.05, 0) is 25.1 Å². The first kappa shape index (κ1) is 20.5. The number of benzene rings is 1. The van der Waals surface area contributed by atoms with Gasteiger partial charge in [-0.3, -0.25) is 0 Å². The van der Waals surface area contributed by atoms with Crippen molar-refractivity contribution in [2.75, 3.05) is 0 Å². The summed E-state index contributed by atoms with van der Waals surface area (Å²) in [7, 11) is 0. The summed E-state index contributed by atoms with van der Waals surface area (Å²) in [6, 6.07) is 4.09. The maximum atomic E-state index is 13.6. The van der Waals surface area contributed by atoms with Crippen molar-refractivity contribution in [1.29, 1.82) is 0 Å². The van der Waals surface area contributed by atoms with Crippen LogP contribution >= 0.6 is 23.2 Å². The smallest absolute Gasteiger partial charge is 0.231 e. The van der Waals surface area contributed by atoms with Crippen LogP contribution in [-0.4, -0.2) is 25.3 Å². The first-order valence-electron chi connectivity index (χ1n) is 9.15. The Labute approximate surface area is 182 Å². The van der Waals surface area contributed by atoms with E-state index in [4.69, 9.17) is 32.6 Å². The topological polar surface area (TPSA) is 68.6 Å². The molecule has 0 atom stereocenters. The summed E-state index contributed by atoms with van der Waals surface area (Å²) < 4.78 is 20.6. The molecule has 0 aliphatic heterocycles. The molecule has 0 spiro atoms. The van der Waals surface area contributed by atoms with Gasteiger partial charge in [-0.15, -0.1) is 0 Å². The second-order valence-corrected chi connectivity index (χ2v) is 8.57. The van der Waals surface area contributed by atoms with E-state index in [9.17, 15) is 4.39 Å². The van der Waals surface area contributed by atoms with E-state index in [0.29, 0.717) is 34.0 Å². The average molecular weight is 446 g/mol. The van der Waals surface area contributed by atoms with Gasteiger partial charge in [0.1, 0.15) is 22.8 Å². The minimum atomic E-state index is -0.449. The summed E-state index contributed by atoms with van der Waals surface area (Å²) in [6.45, 7) is 8.09. The van der Waals surface area contributed by atoms with Crippen LogP contribution in [0.2, 0.25) is 10.2 Å². The normalized spacial score (nSPS) is 12.7. The van der Waals surface area contributed by atoms with Gasteiger partial charge in [0, 0.05) is 16.7 Å². The molecular formula is C21H18Cl2FN5O. The largest absolute Gasteiger partial charge is 0.444 e. The van der Waals surface area contributed by atoms with E-state index in [-0.39, 0.29) is 15.6 Å². The third-order valence-corrected chi connectivity index (χ3v) is 5.39. The summed E-state index contributed by atoms with van der Waals surface area (Å²) in [5.41, 5.74) is 2.61. The third kappa shape index (κ3) is 3.59. The number of nitrogens with zero attached hydrogens (tertiary/aromatic N) is 5. The van der Waals surface area contributed by atoms with Crippen molar-refractivity contribution < 1.29 is 8.81 Å². The lowest BCUT2D eigenvalue weighted by atomic mass is 9.91. The molecule has 4 aromatic rings. The fourth-order valence-electron chi connectivity index (χ4n) is 2.81. The molecule has 6 nitrogen and oxygen atoms in total. The molecular weight excluding hydrogens is 428 g/mol. The molecule has 1 aromatic carbocycles. The second kappa shape index (κ2) is 7.49. The summed E-state index contributed by atoms with van der Waals surface area (Å²) >= 11 is 13.0.